The molecule has 0 unspecified atom stereocenters. The molecule has 2 aromatic rings. The SMILES string of the molecule is COc1ccc(COc2ccc(C)cc2C)cc1B(O)O. The first-order valence-electron chi connectivity index (χ1n) is 6.74. The fraction of sp³-hybridized carbons (Fsp3) is 0.250. The molecule has 0 saturated heterocycles. The third-order valence-electron chi connectivity index (χ3n) is 3.30. The highest BCUT2D eigenvalue weighted by molar-refractivity contribution is 6.59. The Balaban J connectivity index is 2.14. The molecular weight excluding hydrogens is 267 g/mol. The van der Waals surface area contributed by atoms with Gasteiger partial charge in [-0.2, -0.15) is 0 Å². The van der Waals surface area contributed by atoms with Crippen LogP contribution in [0.2, 0.25) is 0 Å². The van der Waals surface area contributed by atoms with Crippen LogP contribution in [0.1, 0.15) is 16.7 Å². The maximum absolute atomic E-state index is 9.35. The number of aryl methyl sites for hydroxylation is 2. The van der Waals surface area contributed by atoms with E-state index in [0.29, 0.717) is 17.8 Å². The zero-order valence-corrected chi connectivity index (χ0v) is 12.5. The van der Waals surface area contributed by atoms with Crippen LogP contribution in [0.15, 0.2) is 36.4 Å². The van der Waals surface area contributed by atoms with Crippen molar-refractivity contribution in [2.24, 2.45) is 0 Å². The lowest BCUT2D eigenvalue weighted by atomic mass is 9.79. The van der Waals surface area contributed by atoms with Crippen molar-refractivity contribution in [1.82, 2.24) is 0 Å². The summed E-state index contributed by atoms with van der Waals surface area (Å²) in [6, 6.07) is 11.2. The topological polar surface area (TPSA) is 58.9 Å². The fourth-order valence-electron chi connectivity index (χ4n) is 2.20. The number of benzene rings is 2. The largest absolute Gasteiger partial charge is 0.497 e. The molecule has 110 valence electrons. The van der Waals surface area contributed by atoms with Gasteiger partial charge >= 0.3 is 7.12 Å². The molecule has 0 bridgehead atoms. The van der Waals surface area contributed by atoms with Gasteiger partial charge in [-0.15, -0.1) is 0 Å². The molecule has 0 aliphatic rings. The Labute approximate surface area is 125 Å². The van der Waals surface area contributed by atoms with Crippen molar-refractivity contribution < 1.29 is 19.5 Å². The molecule has 4 nitrogen and oxygen atoms in total. The minimum atomic E-state index is -1.57. The molecule has 0 aliphatic carbocycles. The van der Waals surface area contributed by atoms with E-state index in [2.05, 4.69) is 6.07 Å². The second-order valence-corrected chi connectivity index (χ2v) is 5.01. The molecule has 0 fully saturated rings. The van der Waals surface area contributed by atoms with Crippen molar-refractivity contribution in [1.29, 1.82) is 0 Å². The smallest absolute Gasteiger partial charge is 0.492 e. The number of hydrogen-bond donors (Lipinski definition) is 2. The number of methoxy groups -OCH3 is 1. The zero-order valence-electron chi connectivity index (χ0n) is 12.5. The minimum Gasteiger partial charge on any atom is -0.497 e. The third kappa shape index (κ3) is 3.77. The van der Waals surface area contributed by atoms with Gasteiger partial charge in [0, 0.05) is 5.46 Å². The Hall–Kier alpha value is -1.98. The molecule has 0 aromatic heterocycles. The zero-order chi connectivity index (χ0) is 15.4. The average Bonchev–Trinajstić information content (AvgIpc) is 2.46. The van der Waals surface area contributed by atoms with Gasteiger partial charge in [-0.3, -0.25) is 0 Å². The van der Waals surface area contributed by atoms with Crippen LogP contribution in [0.25, 0.3) is 0 Å². The van der Waals surface area contributed by atoms with E-state index in [0.717, 1.165) is 16.9 Å². The van der Waals surface area contributed by atoms with Crippen LogP contribution in [0, 0.1) is 13.8 Å². The molecule has 2 rings (SSSR count). The van der Waals surface area contributed by atoms with Gasteiger partial charge in [0.05, 0.1) is 7.11 Å². The van der Waals surface area contributed by atoms with Gasteiger partial charge in [-0.1, -0.05) is 29.8 Å². The molecule has 0 heterocycles. The minimum absolute atomic E-state index is 0.333. The van der Waals surface area contributed by atoms with Crippen molar-refractivity contribution in [3.05, 3.63) is 53.1 Å². The van der Waals surface area contributed by atoms with Gasteiger partial charge in [0.1, 0.15) is 18.1 Å². The highest BCUT2D eigenvalue weighted by Crippen LogP contribution is 2.20. The van der Waals surface area contributed by atoms with Crippen LogP contribution in [0.3, 0.4) is 0 Å². The highest BCUT2D eigenvalue weighted by Gasteiger charge is 2.17. The molecule has 21 heavy (non-hydrogen) atoms. The molecule has 0 aliphatic heterocycles. The lowest BCUT2D eigenvalue weighted by Crippen LogP contribution is -2.31. The highest BCUT2D eigenvalue weighted by atomic mass is 16.5. The molecule has 0 radical (unpaired) electrons. The van der Waals surface area contributed by atoms with E-state index in [4.69, 9.17) is 9.47 Å². The van der Waals surface area contributed by atoms with E-state index in [9.17, 15) is 10.0 Å². The van der Waals surface area contributed by atoms with Gasteiger partial charge < -0.3 is 19.5 Å². The molecule has 0 amide bonds. The van der Waals surface area contributed by atoms with E-state index in [1.165, 1.54) is 12.7 Å². The van der Waals surface area contributed by atoms with Gasteiger partial charge in [0.15, 0.2) is 0 Å². The van der Waals surface area contributed by atoms with E-state index >= 15 is 0 Å². The summed E-state index contributed by atoms with van der Waals surface area (Å²) in [5, 5.41) is 18.7. The van der Waals surface area contributed by atoms with E-state index in [1.54, 1.807) is 12.1 Å². The first-order valence-corrected chi connectivity index (χ1v) is 6.74. The summed E-state index contributed by atoms with van der Waals surface area (Å²) in [6.07, 6.45) is 0. The maximum Gasteiger partial charge on any atom is 0.492 e. The van der Waals surface area contributed by atoms with E-state index in [1.807, 2.05) is 32.0 Å². The van der Waals surface area contributed by atoms with Crippen molar-refractivity contribution in [2.45, 2.75) is 20.5 Å². The first-order chi connectivity index (χ1) is 10.0. The Bertz CT molecular complexity index is 626. The monoisotopic (exact) mass is 286 g/mol. The van der Waals surface area contributed by atoms with Crippen LogP contribution in [0.5, 0.6) is 11.5 Å². The predicted octanol–water partition coefficient (Wildman–Crippen LogP) is 1.57. The summed E-state index contributed by atoms with van der Waals surface area (Å²) in [4.78, 5) is 0. The Morgan fingerprint density at radius 3 is 2.33 bits per heavy atom. The standard InChI is InChI=1S/C16H19BO4/c1-11-4-6-15(12(2)8-11)21-10-13-5-7-16(20-3)14(9-13)17(18)19/h4-9,18-19H,10H2,1-3H3. The lowest BCUT2D eigenvalue weighted by molar-refractivity contribution is 0.304. The summed E-state index contributed by atoms with van der Waals surface area (Å²) in [5.41, 5.74) is 3.44. The Morgan fingerprint density at radius 1 is 1.00 bits per heavy atom. The summed E-state index contributed by atoms with van der Waals surface area (Å²) in [5.74, 6) is 1.27. The third-order valence-corrected chi connectivity index (χ3v) is 3.30. The first kappa shape index (κ1) is 15.4. The molecule has 0 atom stereocenters. The average molecular weight is 286 g/mol. The van der Waals surface area contributed by atoms with Crippen LogP contribution < -0.4 is 14.9 Å². The van der Waals surface area contributed by atoms with E-state index < -0.39 is 7.12 Å². The lowest BCUT2D eigenvalue weighted by Gasteiger charge is -2.12. The summed E-state index contributed by atoms with van der Waals surface area (Å²) >= 11 is 0. The van der Waals surface area contributed by atoms with Crippen LogP contribution >= 0.6 is 0 Å². The van der Waals surface area contributed by atoms with Gasteiger partial charge in [-0.05, 0) is 37.1 Å². The number of hydrogen-bond acceptors (Lipinski definition) is 4. The Kier molecular flexibility index (Phi) is 4.88. The van der Waals surface area contributed by atoms with Crippen LogP contribution in [-0.2, 0) is 6.61 Å². The molecule has 2 N–H and O–H groups in total. The van der Waals surface area contributed by atoms with Gasteiger partial charge in [0.2, 0.25) is 0 Å². The summed E-state index contributed by atoms with van der Waals surface area (Å²) < 4.78 is 10.9. The second kappa shape index (κ2) is 6.65. The number of rotatable bonds is 5. The van der Waals surface area contributed by atoms with Gasteiger partial charge in [0.25, 0.3) is 0 Å². The molecule has 2 aromatic carbocycles. The van der Waals surface area contributed by atoms with Gasteiger partial charge in [-0.25, -0.2) is 0 Å². The molecule has 0 spiro atoms. The van der Waals surface area contributed by atoms with E-state index in [-0.39, 0.29) is 0 Å². The quantitative estimate of drug-likeness (QED) is 0.819. The number of ether oxygens (including phenoxy) is 2. The Morgan fingerprint density at radius 2 is 1.71 bits per heavy atom. The van der Waals surface area contributed by atoms with Crippen molar-refractivity contribution in [2.75, 3.05) is 7.11 Å². The fourth-order valence-corrected chi connectivity index (χ4v) is 2.20. The van der Waals surface area contributed by atoms with Crippen LogP contribution in [-0.4, -0.2) is 24.3 Å². The second-order valence-electron chi connectivity index (χ2n) is 5.01. The molecule has 0 saturated carbocycles. The molecule has 5 heteroatoms. The van der Waals surface area contributed by atoms with Crippen LogP contribution in [0.4, 0.5) is 0 Å². The predicted molar refractivity (Wildman–Crippen MR) is 83.1 cm³/mol. The summed E-state index contributed by atoms with van der Waals surface area (Å²) in [6.45, 7) is 4.39. The van der Waals surface area contributed by atoms with Crippen molar-refractivity contribution in [3.63, 3.8) is 0 Å². The maximum atomic E-state index is 9.35. The summed E-state index contributed by atoms with van der Waals surface area (Å²) in [7, 11) is -0.0754. The normalized spacial score (nSPS) is 10.3. The van der Waals surface area contributed by atoms with Crippen molar-refractivity contribution >= 4 is 12.6 Å². The van der Waals surface area contributed by atoms with Crippen molar-refractivity contribution in [3.8, 4) is 11.5 Å². The molecular formula is C16H19BO4.